The van der Waals surface area contributed by atoms with Gasteiger partial charge in [0.25, 0.3) is 0 Å². The fourth-order valence-electron chi connectivity index (χ4n) is 1.23. The van der Waals surface area contributed by atoms with Crippen LogP contribution in [0.4, 0.5) is 5.69 Å². The lowest BCUT2D eigenvalue weighted by molar-refractivity contribution is 0.408. The monoisotopic (exact) mass is 258 g/mol. The van der Waals surface area contributed by atoms with Crippen molar-refractivity contribution in [2.45, 2.75) is 6.54 Å². The number of nitrogen functional groups attached to an aromatic ring is 1. The molecule has 14 heavy (non-hydrogen) atoms. The van der Waals surface area contributed by atoms with Crippen molar-refractivity contribution in [1.29, 1.82) is 0 Å². The van der Waals surface area contributed by atoms with Crippen molar-refractivity contribution in [1.82, 2.24) is 5.32 Å². The van der Waals surface area contributed by atoms with Gasteiger partial charge in [0.1, 0.15) is 5.75 Å². The maximum Gasteiger partial charge on any atom is 0.123 e. The van der Waals surface area contributed by atoms with E-state index in [9.17, 15) is 0 Å². The number of methoxy groups -OCH3 is 1. The van der Waals surface area contributed by atoms with Gasteiger partial charge in [0.05, 0.1) is 7.11 Å². The molecule has 0 aliphatic rings. The van der Waals surface area contributed by atoms with Crippen molar-refractivity contribution in [2.24, 2.45) is 0 Å². The number of rotatable bonds is 5. The van der Waals surface area contributed by atoms with E-state index < -0.39 is 0 Å². The summed E-state index contributed by atoms with van der Waals surface area (Å²) in [6.07, 6.45) is 0. The molecular formula is C10H15BrN2O. The Labute approximate surface area is 92.8 Å². The Morgan fingerprint density at radius 1 is 1.50 bits per heavy atom. The summed E-state index contributed by atoms with van der Waals surface area (Å²) in [5.74, 6) is 0.876. The van der Waals surface area contributed by atoms with E-state index >= 15 is 0 Å². The van der Waals surface area contributed by atoms with Crippen LogP contribution in [0.1, 0.15) is 5.56 Å². The predicted octanol–water partition coefficient (Wildman–Crippen LogP) is 1.76. The number of hydrogen-bond acceptors (Lipinski definition) is 3. The fourth-order valence-corrected chi connectivity index (χ4v) is 1.51. The number of anilines is 1. The summed E-state index contributed by atoms with van der Waals surface area (Å²) in [4.78, 5) is 0. The van der Waals surface area contributed by atoms with Gasteiger partial charge < -0.3 is 15.8 Å². The summed E-state index contributed by atoms with van der Waals surface area (Å²) in [7, 11) is 1.67. The van der Waals surface area contributed by atoms with Gasteiger partial charge in [-0.15, -0.1) is 0 Å². The zero-order valence-corrected chi connectivity index (χ0v) is 9.80. The molecule has 1 rings (SSSR count). The van der Waals surface area contributed by atoms with Gasteiger partial charge in [-0.2, -0.15) is 0 Å². The zero-order chi connectivity index (χ0) is 10.4. The minimum Gasteiger partial charge on any atom is -0.496 e. The van der Waals surface area contributed by atoms with E-state index in [0.29, 0.717) is 0 Å². The Balaban J connectivity index is 2.67. The van der Waals surface area contributed by atoms with Gasteiger partial charge in [-0.25, -0.2) is 0 Å². The molecule has 0 unspecified atom stereocenters. The number of nitrogens with one attached hydrogen (secondary N) is 1. The van der Waals surface area contributed by atoms with Gasteiger partial charge in [0.15, 0.2) is 0 Å². The first kappa shape index (κ1) is 11.3. The van der Waals surface area contributed by atoms with E-state index in [0.717, 1.165) is 35.4 Å². The van der Waals surface area contributed by atoms with Crippen LogP contribution < -0.4 is 15.8 Å². The van der Waals surface area contributed by atoms with Crippen LogP contribution in [0.25, 0.3) is 0 Å². The number of alkyl halides is 1. The maximum absolute atomic E-state index is 5.69. The van der Waals surface area contributed by atoms with Crippen LogP contribution in [0.2, 0.25) is 0 Å². The van der Waals surface area contributed by atoms with Crippen molar-refractivity contribution < 1.29 is 4.74 Å². The maximum atomic E-state index is 5.69. The van der Waals surface area contributed by atoms with Gasteiger partial charge in [0, 0.05) is 29.7 Å². The van der Waals surface area contributed by atoms with E-state index in [1.165, 1.54) is 0 Å². The first-order valence-corrected chi connectivity index (χ1v) is 5.59. The molecule has 0 spiro atoms. The third-order valence-electron chi connectivity index (χ3n) is 1.89. The summed E-state index contributed by atoms with van der Waals surface area (Å²) in [6, 6.07) is 5.66. The van der Waals surface area contributed by atoms with E-state index in [1.807, 2.05) is 18.2 Å². The number of hydrogen-bond donors (Lipinski definition) is 2. The highest BCUT2D eigenvalue weighted by Crippen LogP contribution is 2.20. The van der Waals surface area contributed by atoms with Gasteiger partial charge >= 0.3 is 0 Å². The zero-order valence-electron chi connectivity index (χ0n) is 8.22. The fraction of sp³-hybridized carbons (Fsp3) is 0.400. The molecule has 0 bridgehead atoms. The number of halogens is 1. The molecule has 4 heteroatoms. The number of nitrogens with two attached hydrogens (primary N) is 1. The largest absolute Gasteiger partial charge is 0.496 e. The number of ether oxygens (including phenoxy) is 1. The Bertz CT molecular complexity index is 291. The molecule has 0 radical (unpaired) electrons. The first-order valence-electron chi connectivity index (χ1n) is 4.47. The summed E-state index contributed by atoms with van der Waals surface area (Å²) in [5.41, 5.74) is 7.55. The van der Waals surface area contributed by atoms with Crippen LogP contribution in [0.5, 0.6) is 5.75 Å². The van der Waals surface area contributed by atoms with Gasteiger partial charge in [-0.3, -0.25) is 0 Å². The average Bonchev–Trinajstić information content (AvgIpc) is 2.19. The summed E-state index contributed by atoms with van der Waals surface area (Å²) in [6.45, 7) is 1.71. The van der Waals surface area contributed by atoms with E-state index in [1.54, 1.807) is 7.11 Å². The SMILES string of the molecule is COc1ccc(N)cc1CNCCBr. The molecule has 0 atom stereocenters. The minimum absolute atomic E-state index is 0.765. The van der Waals surface area contributed by atoms with Crippen LogP contribution >= 0.6 is 15.9 Å². The Morgan fingerprint density at radius 3 is 2.93 bits per heavy atom. The topological polar surface area (TPSA) is 47.3 Å². The van der Waals surface area contributed by atoms with Gasteiger partial charge in [0.2, 0.25) is 0 Å². The lowest BCUT2D eigenvalue weighted by Gasteiger charge is -2.09. The summed E-state index contributed by atoms with van der Waals surface area (Å²) in [5, 5.41) is 4.21. The highest BCUT2D eigenvalue weighted by atomic mass is 79.9. The van der Waals surface area contributed by atoms with Crippen molar-refractivity contribution in [2.75, 3.05) is 24.7 Å². The highest BCUT2D eigenvalue weighted by Gasteiger charge is 2.02. The summed E-state index contributed by atoms with van der Waals surface area (Å²) < 4.78 is 5.22. The van der Waals surface area contributed by atoms with E-state index in [-0.39, 0.29) is 0 Å². The average molecular weight is 259 g/mol. The predicted molar refractivity (Wildman–Crippen MR) is 62.9 cm³/mol. The highest BCUT2D eigenvalue weighted by molar-refractivity contribution is 9.09. The quantitative estimate of drug-likeness (QED) is 0.481. The Kier molecular flexibility index (Phi) is 4.76. The van der Waals surface area contributed by atoms with Crippen LogP contribution in [0, 0.1) is 0 Å². The van der Waals surface area contributed by atoms with E-state index in [4.69, 9.17) is 10.5 Å². The van der Waals surface area contributed by atoms with Gasteiger partial charge in [-0.05, 0) is 18.2 Å². The molecule has 78 valence electrons. The molecule has 0 aliphatic carbocycles. The molecule has 0 heterocycles. The minimum atomic E-state index is 0.765. The molecule has 1 aromatic rings. The van der Waals surface area contributed by atoms with Crippen molar-refractivity contribution >= 4 is 21.6 Å². The normalized spacial score (nSPS) is 10.1. The molecule has 3 nitrogen and oxygen atoms in total. The molecule has 0 amide bonds. The molecule has 0 aromatic heterocycles. The van der Waals surface area contributed by atoms with Crippen LogP contribution in [0.15, 0.2) is 18.2 Å². The Morgan fingerprint density at radius 2 is 2.29 bits per heavy atom. The lowest BCUT2D eigenvalue weighted by atomic mass is 10.2. The molecular weight excluding hydrogens is 244 g/mol. The van der Waals surface area contributed by atoms with Crippen molar-refractivity contribution in [3.8, 4) is 5.75 Å². The molecule has 0 saturated heterocycles. The third-order valence-corrected chi connectivity index (χ3v) is 2.29. The smallest absolute Gasteiger partial charge is 0.123 e. The molecule has 0 saturated carbocycles. The van der Waals surface area contributed by atoms with Crippen molar-refractivity contribution in [3.63, 3.8) is 0 Å². The molecule has 0 fully saturated rings. The lowest BCUT2D eigenvalue weighted by Crippen LogP contribution is -2.16. The second-order valence-corrected chi connectivity index (χ2v) is 3.73. The molecule has 0 aliphatic heterocycles. The first-order chi connectivity index (χ1) is 6.77. The summed E-state index contributed by atoms with van der Waals surface area (Å²) >= 11 is 3.35. The Hall–Kier alpha value is -0.740. The van der Waals surface area contributed by atoms with Crippen LogP contribution in [0.3, 0.4) is 0 Å². The van der Waals surface area contributed by atoms with Gasteiger partial charge in [-0.1, -0.05) is 15.9 Å². The molecule has 1 aromatic carbocycles. The third kappa shape index (κ3) is 3.20. The van der Waals surface area contributed by atoms with Crippen LogP contribution in [-0.4, -0.2) is 19.0 Å². The molecule has 3 N–H and O–H groups in total. The standard InChI is InChI=1S/C10H15BrN2O/c1-14-10-3-2-9(12)6-8(10)7-13-5-4-11/h2-3,6,13H,4-5,7,12H2,1H3. The van der Waals surface area contributed by atoms with E-state index in [2.05, 4.69) is 21.2 Å². The number of benzene rings is 1. The van der Waals surface area contributed by atoms with Crippen LogP contribution in [-0.2, 0) is 6.54 Å². The van der Waals surface area contributed by atoms with Crippen molar-refractivity contribution in [3.05, 3.63) is 23.8 Å². The second kappa shape index (κ2) is 5.88. The second-order valence-electron chi connectivity index (χ2n) is 2.94.